The number of alkyl halides is 2. The molecule has 0 radical (unpaired) electrons. The number of aliphatic imine (C=N–C) groups is 3. The number of benzene rings is 1. The number of unbranched alkanes of at least 4 members (excludes halogenated alkanes) is 1. The summed E-state index contributed by atoms with van der Waals surface area (Å²) in [5.74, 6) is 0.531. The van der Waals surface area contributed by atoms with Gasteiger partial charge in [0.05, 0.1) is 37.4 Å². The lowest BCUT2D eigenvalue weighted by Crippen LogP contribution is -2.17. The lowest BCUT2D eigenvalue weighted by molar-refractivity contribution is 0.145. The quantitative estimate of drug-likeness (QED) is 0.0580. The average molecular weight is 734 g/mol. The highest BCUT2D eigenvalue weighted by Gasteiger charge is 2.31. The molecule has 0 aliphatic heterocycles. The van der Waals surface area contributed by atoms with Gasteiger partial charge in [-0.2, -0.15) is 8.78 Å². The maximum atomic E-state index is 15.4. The van der Waals surface area contributed by atoms with E-state index in [0.717, 1.165) is 49.0 Å². The first-order valence-electron chi connectivity index (χ1n) is 18.2. The van der Waals surface area contributed by atoms with Gasteiger partial charge < -0.3 is 14.2 Å². The van der Waals surface area contributed by atoms with Gasteiger partial charge in [0.15, 0.2) is 11.5 Å². The van der Waals surface area contributed by atoms with Gasteiger partial charge in [-0.15, -0.1) is 0 Å². The molecule has 1 fully saturated rings. The van der Waals surface area contributed by atoms with Crippen molar-refractivity contribution in [3.05, 3.63) is 94.8 Å². The first-order valence-corrected chi connectivity index (χ1v) is 18.8. The molecule has 2 rings (SSSR count). The number of methoxy groups -OCH3 is 2. The van der Waals surface area contributed by atoms with Crippen molar-refractivity contribution in [2.75, 3.05) is 14.2 Å². The Kier molecular flexibility index (Phi) is 23.8. The summed E-state index contributed by atoms with van der Waals surface area (Å²) in [6.07, 6.45) is 10.7. The minimum Gasteiger partial charge on any atom is -0.491 e. The Hall–Kier alpha value is -3.45. The van der Waals surface area contributed by atoms with Crippen molar-refractivity contribution in [2.45, 2.75) is 120 Å². The van der Waals surface area contributed by atoms with Crippen molar-refractivity contribution in [3.63, 3.8) is 0 Å². The molecule has 0 N–H and O–H groups in total. The fourth-order valence-corrected chi connectivity index (χ4v) is 4.86. The number of hydrogen-bond donors (Lipinski definition) is 0. The minimum absolute atomic E-state index is 0.00847. The van der Waals surface area contributed by atoms with E-state index in [9.17, 15) is 8.78 Å². The van der Waals surface area contributed by atoms with Crippen LogP contribution in [0.4, 0.5) is 13.2 Å². The van der Waals surface area contributed by atoms with E-state index in [4.69, 9.17) is 19.2 Å². The smallest absolute Gasteiger partial charge is 0.299 e. The average Bonchev–Trinajstić information content (AvgIpc) is 3.98. The molecule has 2 unspecified atom stereocenters. The third kappa shape index (κ3) is 15.8. The largest absolute Gasteiger partial charge is 0.491 e. The molecule has 0 amide bonds. The summed E-state index contributed by atoms with van der Waals surface area (Å²) in [6.45, 7) is 25.7. The summed E-state index contributed by atoms with van der Waals surface area (Å²) in [5, 5.41) is 0. The normalized spacial score (nSPS) is 15.2. The SMILES string of the molecule is C=C(OCc1ccc(C(=N/C(=C\C)C(F)(F)P)C(C)CC)c(F)c1)\C(=C/N=C(CCC)\C(C(=C)C1CC1)=C(\N=C/CCC)OC)OC.CC.CC. The van der Waals surface area contributed by atoms with Crippen molar-refractivity contribution < 1.29 is 27.4 Å². The molecule has 1 aromatic carbocycles. The monoisotopic (exact) mass is 733 g/mol. The van der Waals surface area contributed by atoms with Crippen molar-refractivity contribution >= 4 is 26.9 Å². The molecule has 1 aromatic rings. The van der Waals surface area contributed by atoms with E-state index in [1.54, 1.807) is 25.4 Å². The summed E-state index contributed by atoms with van der Waals surface area (Å²) < 4.78 is 60.7. The first kappa shape index (κ1) is 47.5. The predicted molar refractivity (Wildman–Crippen MR) is 214 cm³/mol. The molecule has 0 spiro atoms. The molecule has 0 bridgehead atoms. The van der Waals surface area contributed by atoms with Crippen molar-refractivity contribution in [3.8, 4) is 0 Å². The van der Waals surface area contributed by atoms with Gasteiger partial charge in [-0.05, 0) is 74.1 Å². The number of rotatable bonds is 20. The molecule has 51 heavy (non-hydrogen) atoms. The Morgan fingerprint density at radius 3 is 2.18 bits per heavy atom. The van der Waals surface area contributed by atoms with Gasteiger partial charge in [0, 0.05) is 11.8 Å². The number of nitrogens with zero attached hydrogens (tertiary/aromatic N) is 3. The zero-order valence-corrected chi connectivity index (χ0v) is 34.1. The molecule has 1 aliphatic rings. The van der Waals surface area contributed by atoms with Crippen molar-refractivity contribution in [1.82, 2.24) is 0 Å². The zero-order valence-electron chi connectivity index (χ0n) is 33.0. The Morgan fingerprint density at radius 1 is 1.06 bits per heavy atom. The fraction of sp³-hybridized carbons (Fsp3) is 0.537. The third-order valence-electron chi connectivity index (χ3n) is 7.69. The van der Waals surface area contributed by atoms with E-state index in [1.165, 1.54) is 35.4 Å². The Labute approximate surface area is 309 Å². The molecule has 1 aliphatic carbocycles. The molecule has 2 atom stereocenters. The zero-order chi connectivity index (χ0) is 39.1. The fourth-order valence-electron chi connectivity index (χ4n) is 4.63. The van der Waals surface area contributed by atoms with E-state index in [0.29, 0.717) is 36.0 Å². The van der Waals surface area contributed by atoms with Crippen molar-refractivity contribution in [2.24, 2.45) is 26.8 Å². The molecule has 286 valence electrons. The third-order valence-corrected chi connectivity index (χ3v) is 7.99. The van der Waals surface area contributed by atoms with Gasteiger partial charge in [0.1, 0.15) is 18.1 Å². The summed E-state index contributed by atoms with van der Waals surface area (Å²) in [5.41, 5.74) is -0.193. The highest BCUT2D eigenvalue weighted by molar-refractivity contribution is 7.18. The van der Waals surface area contributed by atoms with Gasteiger partial charge in [0.2, 0.25) is 5.88 Å². The Bertz CT molecular complexity index is 1430. The second-order valence-corrected chi connectivity index (χ2v) is 12.2. The van der Waals surface area contributed by atoms with Crippen LogP contribution in [0.3, 0.4) is 0 Å². The number of hydrogen-bond acceptors (Lipinski definition) is 6. The summed E-state index contributed by atoms with van der Waals surface area (Å²) in [6, 6.07) is 4.53. The van der Waals surface area contributed by atoms with Crippen LogP contribution in [0.2, 0.25) is 0 Å². The lowest BCUT2D eigenvalue weighted by Gasteiger charge is -2.18. The van der Waals surface area contributed by atoms with Crippen LogP contribution in [-0.4, -0.2) is 37.5 Å². The molecule has 0 saturated heterocycles. The Balaban J connectivity index is 0.00000602. The molecule has 0 aromatic heterocycles. The van der Waals surface area contributed by atoms with E-state index in [2.05, 4.69) is 37.0 Å². The second kappa shape index (κ2) is 25.5. The van der Waals surface area contributed by atoms with Crippen LogP contribution in [0, 0.1) is 17.7 Å². The topological polar surface area (TPSA) is 64.8 Å². The highest BCUT2D eigenvalue weighted by Crippen LogP contribution is 2.41. The van der Waals surface area contributed by atoms with Gasteiger partial charge in [-0.1, -0.05) is 103 Å². The van der Waals surface area contributed by atoms with Gasteiger partial charge >= 0.3 is 0 Å². The lowest BCUT2D eigenvalue weighted by atomic mass is 9.94. The Morgan fingerprint density at radius 2 is 1.71 bits per heavy atom. The van der Waals surface area contributed by atoms with Crippen LogP contribution in [0.15, 0.2) is 92.9 Å². The number of ether oxygens (including phenoxy) is 3. The second-order valence-electron chi connectivity index (χ2n) is 11.4. The minimum atomic E-state index is -3.23. The standard InChI is InChI=1S/C37H51F3N3O3P.2C2H6/c1-10-14-20-41-36(45-9)34(25(6)28-17-18-28)31(15-11-2)42-22-32(44-8)26(7)46-23-27-16-19-29(30(38)21-27)35(24(5)12-3)43-33(13-4)37(39,40)47;2*1-2/h13,16,19-22,24,28H,6-7,10-12,14-15,17-18,23,47H2,1-5,8-9H3;2*1-2H3/b32-22+,33-13-,36-34-,41-20-,42-31-,43-35?;;. The summed E-state index contributed by atoms with van der Waals surface area (Å²) >= 11 is 0. The van der Waals surface area contributed by atoms with Gasteiger partial charge in [0.25, 0.3) is 5.66 Å². The predicted octanol–water partition coefficient (Wildman–Crippen LogP) is 12.5. The van der Waals surface area contributed by atoms with E-state index >= 15 is 4.39 Å². The van der Waals surface area contributed by atoms with Gasteiger partial charge in [-0.3, -0.25) is 9.98 Å². The number of halogens is 3. The summed E-state index contributed by atoms with van der Waals surface area (Å²) in [7, 11) is 4.58. The molecule has 0 heterocycles. The summed E-state index contributed by atoms with van der Waals surface area (Å²) in [4.78, 5) is 13.6. The van der Waals surface area contributed by atoms with E-state index in [1.807, 2.05) is 47.8 Å². The van der Waals surface area contributed by atoms with Crippen LogP contribution in [0.25, 0.3) is 0 Å². The molecule has 10 heteroatoms. The van der Waals surface area contributed by atoms with Crippen molar-refractivity contribution in [1.29, 1.82) is 0 Å². The maximum Gasteiger partial charge on any atom is 0.299 e. The number of allylic oxidation sites excluding steroid dienone is 4. The molecular formula is C41H63F3N3O3P. The molecular weight excluding hydrogens is 670 g/mol. The molecule has 6 nitrogen and oxygen atoms in total. The van der Waals surface area contributed by atoms with Gasteiger partial charge in [-0.25, -0.2) is 9.38 Å². The van der Waals surface area contributed by atoms with E-state index in [-0.39, 0.29) is 29.6 Å². The highest BCUT2D eigenvalue weighted by atomic mass is 31.0. The van der Waals surface area contributed by atoms with Crippen LogP contribution >= 0.6 is 9.24 Å². The van der Waals surface area contributed by atoms with Crippen LogP contribution < -0.4 is 0 Å². The van der Waals surface area contributed by atoms with E-state index < -0.39 is 17.2 Å². The van der Waals surface area contributed by atoms with Crippen LogP contribution in [0.5, 0.6) is 0 Å². The molecule has 1 saturated carbocycles. The van der Waals surface area contributed by atoms with Crippen LogP contribution in [-0.2, 0) is 20.8 Å². The van der Waals surface area contributed by atoms with Crippen LogP contribution in [0.1, 0.15) is 118 Å². The maximum absolute atomic E-state index is 15.4. The first-order chi connectivity index (χ1) is 24.4.